The normalized spacial score (nSPS) is 10.4. The van der Waals surface area contributed by atoms with E-state index in [4.69, 9.17) is 0 Å². The van der Waals surface area contributed by atoms with Gasteiger partial charge in [0, 0.05) is 24.0 Å². The maximum Gasteiger partial charge on any atom is 0.321 e. The Labute approximate surface area is 149 Å². The van der Waals surface area contributed by atoms with Gasteiger partial charge in [0.1, 0.15) is 5.82 Å². The molecule has 0 aliphatic rings. The third-order valence-electron chi connectivity index (χ3n) is 3.37. The van der Waals surface area contributed by atoms with E-state index in [1.54, 1.807) is 19.2 Å². The van der Waals surface area contributed by atoms with Crippen LogP contribution in [0.2, 0.25) is 0 Å². The van der Waals surface area contributed by atoms with E-state index in [-0.39, 0.29) is 18.3 Å². The molecule has 25 heavy (non-hydrogen) atoms. The zero-order valence-electron chi connectivity index (χ0n) is 14.2. The summed E-state index contributed by atoms with van der Waals surface area (Å²) in [5, 5.41) is 8.14. The van der Waals surface area contributed by atoms with Crippen LogP contribution in [0.25, 0.3) is 0 Å². The van der Waals surface area contributed by atoms with E-state index in [0.29, 0.717) is 23.7 Å². The fourth-order valence-corrected chi connectivity index (χ4v) is 2.87. The Morgan fingerprint density at radius 3 is 2.80 bits per heavy atom. The number of benzene rings is 1. The van der Waals surface area contributed by atoms with Crippen molar-refractivity contribution in [2.45, 2.75) is 26.7 Å². The van der Waals surface area contributed by atoms with E-state index in [1.165, 1.54) is 17.4 Å². The van der Waals surface area contributed by atoms with Gasteiger partial charge in [-0.15, -0.1) is 11.3 Å². The van der Waals surface area contributed by atoms with Gasteiger partial charge in [-0.1, -0.05) is 19.1 Å². The molecule has 1 aromatic heterocycles. The first-order valence-corrected chi connectivity index (χ1v) is 8.81. The first-order valence-electron chi connectivity index (χ1n) is 7.99. The molecule has 0 radical (unpaired) electrons. The lowest BCUT2D eigenvalue weighted by Gasteiger charge is -2.05. The topological polar surface area (TPSA) is 83.1 Å². The Hall–Kier alpha value is -2.48. The predicted molar refractivity (Wildman–Crippen MR) is 96.4 cm³/mol. The SMILES string of the molecule is CCCNC(=O)CNC(=O)Nc1ncc(Cc2ccc(C)c(F)c2)s1. The van der Waals surface area contributed by atoms with Crippen LogP contribution in [0, 0.1) is 12.7 Å². The van der Waals surface area contributed by atoms with Gasteiger partial charge in [0.2, 0.25) is 5.91 Å². The predicted octanol–water partition coefficient (Wildman–Crippen LogP) is 2.83. The van der Waals surface area contributed by atoms with Crippen molar-refractivity contribution in [1.29, 1.82) is 0 Å². The number of aromatic nitrogens is 1. The minimum absolute atomic E-state index is 0.0906. The number of hydrogen-bond donors (Lipinski definition) is 3. The van der Waals surface area contributed by atoms with Crippen molar-refractivity contribution in [1.82, 2.24) is 15.6 Å². The van der Waals surface area contributed by atoms with Gasteiger partial charge < -0.3 is 10.6 Å². The standard InChI is InChI=1S/C17H21FN4O2S/c1-3-6-19-15(23)10-20-16(24)22-17-21-9-13(25-17)7-12-5-4-11(2)14(18)8-12/h4-5,8-9H,3,6-7,10H2,1-2H3,(H,19,23)(H2,20,21,22,24). The maximum atomic E-state index is 13.6. The summed E-state index contributed by atoms with van der Waals surface area (Å²) in [4.78, 5) is 28.2. The maximum absolute atomic E-state index is 13.6. The fraction of sp³-hybridized carbons (Fsp3) is 0.353. The van der Waals surface area contributed by atoms with Crippen molar-refractivity contribution in [3.8, 4) is 0 Å². The molecule has 6 nitrogen and oxygen atoms in total. The summed E-state index contributed by atoms with van der Waals surface area (Å²) in [7, 11) is 0. The smallest absolute Gasteiger partial charge is 0.321 e. The van der Waals surface area contributed by atoms with Crippen LogP contribution in [-0.2, 0) is 11.2 Å². The number of hydrogen-bond acceptors (Lipinski definition) is 4. The van der Waals surface area contributed by atoms with E-state index >= 15 is 0 Å². The highest BCUT2D eigenvalue weighted by Gasteiger charge is 2.09. The fourth-order valence-electron chi connectivity index (χ4n) is 2.02. The average molecular weight is 364 g/mol. The van der Waals surface area contributed by atoms with Crippen LogP contribution < -0.4 is 16.0 Å². The largest absolute Gasteiger partial charge is 0.355 e. The van der Waals surface area contributed by atoms with Gasteiger partial charge in [-0.2, -0.15) is 0 Å². The van der Waals surface area contributed by atoms with Crippen LogP contribution in [0.15, 0.2) is 24.4 Å². The molecular weight excluding hydrogens is 343 g/mol. The summed E-state index contributed by atoms with van der Waals surface area (Å²) in [6.07, 6.45) is 3.02. The lowest BCUT2D eigenvalue weighted by molar-refractivity contribution is -0.120. The van der Waals surface area contributed by atoms with E-state index in [1.807, 2.05) is 13.0 Å². The second kappa shape index (κ2) is 9.12. The van der Waals surface area contributed by atoms with Crippen LogP contribution in [0.1, 0.15) is 29.3 Å². The molecule has 1 aromatic carbocycles. The Morgan fingerprint density at radius 2 is 2.08 bits per heavy atom. The second-order valence-corrected chi connectivity index (χ2v) is 6.66. The first kappa shape index (κ1) is 18.9. The van der Waals surface area contributed by atoms with Crippen molar-refractivity contribution < 1.29 is 14.0 Å². The quantitative estimate of drug-likeness (QED) is 0.706. The summed E-state index contributed by atoms with van der Waals surface area (Å²) >= 11 is 1.31. The highest BCUT2D eigenvalue weighted by atomic mass is 32.1. The van der Waals surface area contributed by atoms with E-state index in [2.05, 4.69) is 20.9 Å². The molecule has 0 aliphatic carbocycles. The van der Waals surface area contributed by atoms with Gasteiger partial charge in [-0.3, -0.25) is 10.1 Å². The number of carbonyl (C=O) groups is 2. The van der Waals surface area contributed by atoms with Crippen LogP contribution >= 0.6 is 11.3 Å². The molecule has 3 amide bonds. The summed E-state index contributed by atoms with van der Waals surface area (Å²) in [6, 6.07) is 4.62. The minimum Gasteiger partial charge on any atom is -0.355 e. The molecule has 2 aromatic rings. The van der Waals surface area contributed by atoms with Crippen LogP contribution in [0.4, 0.5) is 14.3 Å². The van der Waals surface area contributed by atoms with Gasteiger partial charge >= 0.3 is 6.03 Å². The second-order valence-electron chi connectivity index (χ2n) is 5.55. The third kappa shape index (κ3) is 6.15. The van der Waals surface area contributed by atoms with E-state index in [9.17, 15) is 14.0 Å². The number of aryl methyl sites for hydroxylation is 1. The molecular formula is C17H21FN4O2S. The molecule has 0 unspecified atom stereocenters. The zero-order chi connectivity index (χ0) is 18.2. The minimum atomic E-state index is -0.492. The van der Waals surface area contributed by atoms with Gasteiger partial charge in [0.05, 0.1) is 6.54 Å². The third-order valence-corrected chi connectivity index (χ3v) is 4.28. The molecule has 0 bridgehead atoms. The molecule has 2 rings (SSSR count). The Balaban J connectivity index is 1.83. The Morgan fingerprint density at radius 1 is 1.28 bits per heavy atom. The van der Waals surface area contributed by atoms with Crippen molar-refractivity contribution in [3.05, 3.63) is 46.2 Å². The lowest BCUT2D eigenvalue weighted by Crippen LogP contribution is -2.39. The lowest BCUT2D eigenvalue weighted by atomic mass is 10.1. The first-order chi connectivity index (χ1) is 12.0. The van der Waals surface area contributed by atoms with Crippen molar-refractivity contribution in [2.24, 2.45) is 0 Å². The molecule has 0 aliphatic heterocycles. The van der Waals surface area contributed by atoms with Crippen molar-refractivity contribution in [2.75, 3.05) is 18.4 Å². The molecule has 0 saturated heterocycles. The molecule has 134 valence electrons. The summed E-state index contributed by atoms with van der Waals surface area (Å²) in [5.74, 6) is -0.473. The molecule has 0 fully saturated rings. The number of nitrogens with one attached hydrogen (secondary N) is 3. The number of halogens is 1. The molecule has 3 N–H and O–H groups in total. The van der Waals surface area contributed by atoms with Gasteiger partial charge in [-0.25, -0.2) is 14.2 Å². The summed E-state index contributed by atoms with van der Waals surface area (Å²) in [6.45, 7) is 4.16. The number of thiazole rings is 1. The van der Waals surface area contributed by atoms with Crippen molar-refractivity contribution >= 4 is 28.4 Å². The van der Waals surface area contributed by atoms with Crippen molar-refractivity contribution in [3.63, 3.8) is 0 Å². The number of urea groups is 1. The number of amides is 3. The highest BCUT2D eigenvalue weighted by molar-refractivity contribution is 7.15. The van der Waals surface area contributed by atoms with Crippen LogP contribution in [0.3, 0.4) is 0 Å². The Kier molecular flexibility index (Phi) is 6.88. The molecule has 1 heterocycles. The molecule has 0 spiro atoms. The van der Waals surface area contributed by atoms with Gasteiger partial charge in [-0.05, 0) is 30.5 Å². The summed E-state index contributed by atoms with van der Waals surface area (Å²) < 4.78 is 13.6. The van der Waals surface area contributed by atoms with Gasteiger partial charge in [0.25, 0.3) is 0 Å². The molecule has 8 heteroatoms. The van der Waals surface area contributed by atoms with Crippen LogP contribution in [0.5, 0.6) is 0 Å². The van der Waals surface area contributed by atoms with E-state index < -0.39 is 6.03 Å². The Bertz CT molecular complexity index is 748. The summed E-state index contributed by atoms with van der Waals surface area (Å²) in [5.41, 5.74) is 1.45. The molecule has 0 atom stereocenters. The average Bonchev–Trinajstić information content (AvgIpc) is 3.01. The number of anilines is 1. The monoisotopic (exact) mass is 364 g/mol. The van der Waals surface area contributed by atoms with E-state index in [0.717, 1.165) is 16.9 Å². The number of nitrogens with zero attached hydrogens (tertiary/aromatic N) is 1. The molecule has 0 saturated carbocycles. The zero-order valence-corrected chi connectivity index (χ0v) is 15.0. The highest BCUT2D eigenvalue weighted by Crippen LogP contribution is 2.22. The van der Waals surface area contributed by atoms with Gasteiger partial charge in [0.15, 0.2) is 5.13 Å². The van der Waals surface area contributed by atoms with Crippen LogP contribution in [-0.4, -0.2) is 30.0 Å². The number of rotatable bonds is 7. The number of carbonyl (C=O) groups excluding carboxylic acids is 2.